The number of hydrogen-bond donors (Lipinski definition) is 0. The lowest BCUT2D eigenvalue weighted by molar-refractivity contribution is -0.139. The fraction of sp³-hybridized carbons (Fsp3) is 0.273. The third-order valence-corrected chi connectivity index (χ3v) is 4.58. The van der Waals surface area contributed by atoms with Gasteiger partial charge >= 0.3 is 0 Å². The highest BCUT2D eigenvalue weighted by Crippen LogP contribution is 2.33. The minimum Gasteiger partial charge on any atom is -0.362 e. The minimum atomic E-state index is -0.210. The lowest BCUT2D eigenvalue weighted by Gasteiger charge is -2.25. The third-order valence-electron chi connectivity index (χ3n) is 4.58. The summed E-state index contributed by atoms with van der Waals surface area (Å²) in [5, 5.41) is 0. The summed E-state index contributed by atoms with van der Waals surface area (Å²) in [5.74, 6) is -0.417. The van der Waals surface area contributed by atoms with Crippen LogP contribution in [0.25, 0.3) is 5.57 Å². The van der Waals surface area contributed by atoms with Crippen molar-refractivity contribution in [1.82, 2.24) is 9.80 Å². The van der Waals surface area contributed by atoms with E-state index in [-0.39, 0.29) is 17.9 Å². The molecule has 134 valence electrons. The molecule has 0 fully saturated rings. The fourth-order valence-electron chi connectivity index (χ4n) is 3.32. The van der Waals surface area contributed by atoms with Crippen molar-refractivity contribution in [2.24, 2.45) is 0 Å². The Morgan fingerprint density at radius 3 is 2.00 bits per heavy atom. The first kappa shape index (κ1) is 17.9. The molecule has 0 N–H and O–H groups in total. The third kappa shape index (κ3) is 3.27. The van der Waals surface area contributed by atoms with Gasteiger partial charge in [-0.2, -0.15) is 0 Å². The maximum Gasteiger partial charge on any atom is 0.278 e. The molecule has 2 aromatic carbocycles. The van der Waals surface area contributed by atoms with Gasteiger partial charge in [0.15, 0.2) is 0 Å². The Bertz CT molecular complexity index is 826. The van der Waals surface area contributed by atoms with Crippen LogP contribution in [-0.4, -0.2) is 34.2 Å². The minimum absolute atomic E-state index is 0.179. The van der Waals surface area contributed by atoms with Crippen LogP contribution in [0.3, 0.4) is 0 Å². The Hall–Kier alpha value is -2.88. The van der Waals surface area contributed by atoms with Gasteiger partial charge in [-0.15, -0.1) is 0 Å². The van der Waals surface area contributed by atoms with Gasteiger partial charge in [0.2, 0.25) is 0 Å². The van der Waals surface area contributed by atoms with E-state index >= 15 is 0 Å². The normalized spacial score (nSPS) is 14.5. The molecule has 0 radical (unpaired) electrons. The van der Waals surface area contributed by atoms with Crippen LogP contribution in [0.15, 0.2) is 66.4 Å². The number of imide groups is 1. The number of amides is 2. The van der Waals surface area contributed by atoms with Crippen LogP contribution in [0.4, 0.5) is 0 Å². The van der Waals surface area contributed by atoms with Gasteiger partial charge in [-0.05, 0) is 31.9 Å². The highest BCUT2D eigenvalue weighted by atomic mass is 16.2. The van der Waals surface area contributed by atoms with E-state index in [9.17, 15) is 9.59 Å². The zero-order valence-corrected chi connectivity index (χ0v) is 15.5. The molecular weight excluding hydrogens is 324 g/mol. The van der Waals surface area contributed by atoms with Gasteiger partial charge in [-0.25, -0.2) is 0 Å². The molecule has 0 aromatic heterocycles. The number of benzene rings is 2. The summed E-state index contributed by atoms with van der Waals surface area (Å²) in [5.41, 5.74) is 2.90. The largest absolute Gasteiger partial charge is 0.362 e. The molecule has 3 rings (SSSR count). The van der Waals surface area contributed by atoms with E-state index in [1.807, 2.05) is 86.3 Å². The van der Waals surface area contributed by atoms with Crippen molar-refractivity contribution < 1.29 is 9.59 Å². The Balaban J connectivity index is 2.09. The lowest BCUT2D eigenvalue weighted by Crippen LogP contribution is -2.39. The number of carbonyl (C=O) groups is 2. The first-order chi connectivity index (χ1) is 12.5. The van der Waals surface area contributed by atoms with Crippen LogP contribution >= 0.6 is 0 Å². The number of hydrogen-bond acceptors (Lipinski definition) is 3. The van der Waals surface area contributed by atoms with E-state index in [4.69, 9.17) is 0 Å². The van der Waals surface area contributed by atoms with Gasteiger partial charge in [-0.3, -0.25) is 14.5 Å². The maximum absolute atomic E-state index is 13.1. The van der Waals surface area contributed by atoms with Crippen LogP contribution in [-0.2, 0) is 16.1 Å². The highest BCUT2D eigenvalue weighted by Gasteiger charge is 2.42. The summed E-state index contributed by atoms with van der Waals surface area (Å²) in [6, 6.07) is 19.3. The van der Waals surface area contributed by atoms with Crippen molar-refractivity contribution in [3.63, 3.8) is 0 Å². The lowest BCUT2D eigenvalue weighted by atomic mass is 10.0. The number of carbonyl (C=O) groups excluding carboxylic acids is 2. The summed E-state index contributed by atoms with van der Waals surface area (Å²) in [4.78, 5) is 29.6. The smallest absolute Gasteiger partial charge is 0.278 e. The molecule has 0 spiro atoms. The average Bonchev–Trinajstić information content (AvgIpc) is 2.91. The summed E-state index contributed by atoms with van der Waals surface area (Å²) >= 11 is 0. The molecule has 4 heteroatoms. The van der Waals surface area contributed by atoms with Crippen LogP contribution < -0.4 is 0 Å². The molecule has 4 nitrogen and oxygen atoms in total. The molecule has 0 saturated heterocycles. The quantitative estimate of drug-likeness (QED) is 0.748. The Labute approximate surface area is 154 Å². The molecule has 26 heavy (non-hydrogen) atoms. The maximum atomic E-state index is 13.1. The zero-order chi connectivity index (χ0) is 18.7. The van der Waals surface area contributed by atoms with Crippen molar-refractivity contribution in [1.29, 1.82) is 0 Å². The van der Waals surface area contributed by atoms with Crippen LogP contribution in [0.2, 0.25) is 0 Å². The van der Waals surface area contributed by atoms with Crippen LogP contribution in [0, 0.1) is 0 Å². The second-order valence-corrected chi connectivity index (χ2v) is 6.66. The molecule has 0 aliphatic carbocycles. The van der Waals surface area contributed by atoms with E-state index in [1.54, 1.807) is 0 Å². The Morgan fingerprint density at radius 1 is 0.885 bits per heavy atom. The van der Waals surface area contributed by atoms with Crippen LogP contribution in [0.1, 0.15) is 31.9 Å². The molecule has 0 bridgehead atoms. The standard InChI is InChI=1S/C22H24N2O2/c1-4-23(15-17-11-7-5-8-12-17)20-19(18-13-9-6-10-14-18)21(25)24(16(2)3)22(20)26/h5-14,16H,4,15H2,1-3H3. The molecular formula is C22H24N2O2. The average molecular weight is 348 g/mol. The van der Waals surface area contributed by atoms with E-state index in [0.717, 1.165) is 11.1 Å². The summed E-state index contributed by atoms with van der Waals surface area (Å²) in [7, 11) is 0. The number of likely N-dealkylation sites (N-methyl/N-ethyl adjacent to an activating group) is 1. The van der Waals surface area contributed by atoms with Crippen molar-refractivity contribution in [3.05, 3.63) is 77.5 Å². The van der Waals surface area contributed by atoms with Gasteiger partial charge < -0.3 is 4.90 Å². The predicted molar refractivity (Wildman–Crippen MR) is 103 cm³/mol. The van der Waals surface area contributed by atoms with Crippen LogP contribution in [0.5, 0.6) is 0 Å². The van der Waals surface area contributed by atoms with Gasteiger partial charge in [0.05, 0.1) is 5.57 Å². The van der Waals surface area contributed by atoms with Crippen molar-refractivity contribution >= 4 is 17.4 Å². The van der Waals surface area contributed by atoms with Gasteiger partial charge in [0.1, 0.15) is 5.70 Å². The summed E-state index contributed by atoms with van der Waals surface area (Å²) in [6.07, 6.45) is 0. The molecule has 0 atom stereocenters. The highest BCUT2D eigenvalue weighted by molar-refractivity contribution is 6.35. The monoisotopic (exact) mass is 348 g/mol. The topological polar surface area (TPSA) is 40.6 Å². The van der Waals surface area contributed by atoms with Gasteiger partial charge in [0.25, 0.3) is 11.8 Å². The number of rotatable bonds is 6. The summed E-state index contributed by atoms with van der Waals surface area (Å²) in [6.45, 7) is 6.98. The van der Waals surface area contributed by atoms with Gasteiger partial charge in [-0.1, -0.05) is 60.7 Å². The second-order valence-electron chi connectivity index (χ2n) is 6.66. The summed E-state index contributed by atoms with van der Waals surface area (Å²) < 4.78 is 0. The SMILES string of the molecule is CCN(Cc1ccccc1)C1=C(c2ccccc2)C(=O)N(C(C)C)C1=O. The van der Waals surface area contributed by atoms with Crippen molar-refractivity contribution in [2.45, 2.75) is 33.4 Å². The fourth-order valence-corrected chi connectivity index (χ4v) is 3.32. The van der Waals surface area contributed by atoms with E-state index < -0.39 is 0 Å². The number of nitrogens with zero attached hydrogens (tertiary/aromatic N) is 2. The molecule has 0 unspecified atom stereocenters. The van der Waals surface area contributed by atoms with Crippen molar-refractivity contribution in [3.8, 4) is 0 Å². The Morgan fingerprint density at radius 2 is 1.46 bits per heavy atom. The second kappa shape index (κ2) is 7.56. The predicted octanol–water partition coefficient (Wildman–Crippen LogP) is 3.70. The molecule has 2 amide bonds. The zero-order valence-electron chi connectivity index (χ0n) is 15.5. The van der Waals surface area contributed by atoms with E-state index in [2.05, 4.69) is 0 Å². The molecule has 1 heterocycles. The van der Waals surface area contributed by atoms with E-state index in [1.165, 1.54) is 4.90 Å². The van der Waals surface area contributed by atoms with Crippen molar-refractivity contribution in [2.75, 3.05) is 6.54 Å². The molecule has 2 aromatic rings. The van der Waals surface area contributed by atoms with Gasteiger partial charge in [0, 0.05) is 19.1 Å². The molecule has 1 aliphatic heterocycles. The Kier molecular flexibility index (Phi) is 5.21. The van der Waals surface area contributed by atoms with E-state index in [0.29, 0.717) is 24.4 Å². The first-order valence-electron chi connectivity index (χ1n) is 9.01. The first-order valence-corrected chi connectivity index (χ1v) is 9.01. The molecule has 0 saturated carbocycles. The molecule has 1 aliphatic rings.